The zero-order valence-electron chi connectivity index (χ0n) is 13.2. The molecule has 2 saturated heterocycles. The molecule has 19 heavy (non-hydrogen) atoms. The number of nitrogens with two attached hydrogens (primary N) is 1. The van der Waals surface area contributed by atoms with Crippen LogP contribution in [0.15, 0.2) is 0 Å². The zero-order valence-corrected chi connectivity index (χ0v) is 13.2. The first kappa shape index (κ1) is 15.3. The first-order valence-corrected chi connectivity index (χ1v) is 8.32. The predicted octanol–water partition coefficient (Wildman–Crippen LogP) is 2.31. The first-order valence-electron chi connectivity index (χ1n) is 8.32. The third-order valence-electron chi connectivity index (χ3n) is 5.52. The number of hydrogen-bond donors (Lipinski definition) is 1. The van der Waals surface area contributed by atoms with E-state index in [9.17, 15) is 0 Å². The third kappa shape index (κ3) is 3.14. The fraction of sp³-hybridized carbons (Fsp3) is 1.00. The first-order chi connectivity index (χ1) is 9.13. The Balaban J connectivity index is 2.12. The molecule has 2 rings (SSSR count). The maximum Gasteiger partial charge on any atom is 0.0347 e. The Morgan fingerprint density at radius 2 is 1.95 bits per heavy atom. The van der Waals surface area contributed by atoms with Crippen molar-refractivity contribution in [3.8, 4) is 0 Å². The van der Waals surface area contributed by atoms with Gasteiger partial charge in [-0.1, -0.05) is 20.8 Å². The van der Waals surface area contributed by atoms with Crippen LogP contribution in [-0.2, 0) is 0 Å². The average Bonchev–Trinajstić information content (AvgIpc) is 2.81. The monoisotopic (exact) mass is 267 g/mol. The lowest BCUT2D eigenvalue weighted by molar-refractivity contribution is 0.0472. The molecule has 0 amide bonds. The van der Waals surface area contributed by atoms with Gasteiger partial charge in [0.05, 0.1) is 0 Å². The van der Waals surface area contributed by atoms with Gasteiger partial charge in [0.15, 0.2) is 0 Å². The van der Waals surface area contributed by atoms with Crippen LogP contribution in [0.25, 0.3) is 0 Å². The van der Waals surface area contributed by atoms with Crippen LogP contribution in [0.2, 0.25) is 0 Å². The Hall–Kier alpha value is -0.120. The van der Waals surface area contributed by atoms with Gasteiger partial charge in [0.1, 0.15) is 0 Å². The summed E-state index contributed by atoms with van der Waals surface area (Å²) in [5.74, 6) is 0.761. The van der Waals surface area contributed by atoms with Gasteiger partial charge >= 0.3 is 0 Å². The van der Waals surface area contributed by atoms with E-state index in [1.807, 2.05) is 0 Å². The normalized spacial score (nSPS) is 34.9. The van der Waals surface area contributed by atoms with Crippen LogP contribution >= 0.6 is 0 Å². The van der Waals surface area contributed by atoms with Crippen molar-refractivity contribution in [1.82, 2.24) is 9.80 Å². The predicted molar refractivity (Wildman–Crippen MR) is 82.3 cm³/mol. The second-order valence-electron chi connectivity index (χ2n) is 6.86. The minimum atomic E-state index is 0.287. The lowest BCUT2D eigenvalue weighted by Crippen LogP contribution is -2.57. The third-order valence-corrected chi connectivity index (χ3v) is 5.52. The topological polar surface area (TPSA) is 32.5 Å². The van der Waals surface area contributed by atoms with E-state index in [1.54, 1.807) is 0 Å². The SMILES string of the molecule is CCN1CCCC(CN)(N2CCCC2C(C)C)CC1. The van der Waals surface area contributed by atoms with Crippen LogP contribution in [0.1, 0.15) is 52.9 Å². The van der Waals surface area contributed by atoms with E-state index in [0.29, 0.717) is 0 Å². The van der Waals surface area contributed by atoms with Gasteiger partial charge in [-0.2, -0.15) is 0 Å². The number of rotatable bonds is 4. The maximum atomic E-state index is 6.28. The van der Waals surface area contributed by atoms with E-state index in [4.69, 9.17) is 5.73 Å². The summed E-state index contributed by atoms with van der Waals surface area (Å²) >= 11 is 0. The molecule has 2 aliphatic heterocycles. The second-order valence-corrected chi connectivity index (χ2v) is 6.86. The van der Waals surface area contributed by atoms with E-state index in [1.165, 1.54) is 58.3 Å². The van der Waals surface area contributed by atoms with E-state index in [2.05, 4.69) is 30.6 Å². The smallest absolute Gasteiger partial charge is 0.0347 e. The van der Waals surface area contributed by atoms with Crippen molar-refractivity contribution in [2.24, 2.45) is 11.7 Å². The quantitative estimate of drug-likeness (QED) is 0.848. The molecular weight excluding hydrogens is 234 g/mol. The van der Waals surface area contributed by atoms with Crippen molar-refractivity contribution < 1.29 is 0 Å². The molecule has 0 aromatic rings. The Bertz CT molecular complexity index is 279. The summed E-state index contributed by atoms with van der Waals surface area (Å²) in [5, 5.41) is 0. The van der Waals surface area contributed by atoms with Crippen LogP contribution in [0.3, 0.4) is 0 Å². The Morgan fingerprint density at radius 3 is 2.58 bits per heavy atom. The minimum absolute atomic E-state index is 0.287. The maximum absolute atomic E-state index is 6.28. The molecule has 2 unspecified atom stereocenters. The average molecular weight is 267 g/mol. The summed E-state index contributed by atoms with van der Waals surface area (Å²) in [5.41, 5.74) is 6.56. The van der Waals surface area contributed by atoms with Crippen LogP contribution in [0.4, 0.5) is 0 Å². The molecule has 0 aliphatic carbocycles. The van der Waals surface area contributed by atoms with Gasteiger partial charge in [0, 0.05) is 18.1 Å². The van der Waals surface area contributed by atoms with Gasteiger partial charge in [-0.3, -0.25) is 4.90 Å². The molecule has 3 nitrogen and oxygen atoms in total. The van der Waals surface area contributed by atoms with Crippen molar-refractivity contribution >= 4 is 0 Å². The summed E-state index contributed by atoms with van der Waals surface area (Å²) in [4.78, 5) is 5.40. The molecule has 112 valence electrons. The highest BCUT2D eigenvalue weighted by Gasteiger charge is 2.43. The second kappa shape index (κ2) is 6.55. The largest absolute Gasteiger partial charge is 0.329 e. The Kier molecular flexibility index (Phi) is 5.27. The lowest BCUT2D eigenvalue weighted by Gasteiger charge is -2.45. The minimum Gasteiger partial charge on any atom is -0.329 e. The molecule has 0 bridgehead atoms. The Morgan fingerprint density at radius 1 is 1.16 bits per heavy atom. The van der Waals surface area contributed by atoms with Gasteiger partial charge in [0.25, 0.3) is 0 Å². The van der Waals surface area contributed by atoms with Gasteiger partial charge in [0.2, 0.25) is 0 Å². The van der Waals surface area contributed by atoms with E-state index in [0.717, 1.165) is 18.5 Å². The van der Waals surface area contributed by atoms with Gasteiger partial charge in [-0.25, -0.2) is 0 Å². The summed E-state index contributed by atoms with van der Waals surface area (Å²) < 4.78 is 0. The fourth-order valence-electron chi connectivity index (χ4n) is 4.23. The number of nitrogens with zero attached hydrogens (tertiary/aromatic N) is 2. The summed E-state index contributed by atoms with van der Waals surface area (Å²) in [6, 6.07) is 0.761. The van der Waals surface area contributed by atoms with Crippen LogP contribution in [0.5, 0.6) is 0 Å². The number of likely N-dealkylation sites (tertiary alicyclic amines) is 2. The van der Waals surface area contributed by atoms with Crippen LogP contribution in [0, 0.1) is 5.92 Å². The van der Waals surface area contributed by atoms with Crippen molar-refractivity contribution in [3.05, 3.63) is 0 Å². The van der Waals surface area contributed by atoms with Crippen LogP contribution in [-0.4, -0.2) is 54.1 Å². The van der Waals surface area contributed by atoms with Gasteiger partial charge < -0.3 is 10.6 Å². The molecule has 2 heterocycles. The molecule has 2 aliphatic rings. The standard InChI is InChI=1S/C16H33N3/c1-4-18-10-6-8-16(13-17,9-12-18)19-11-5-7-15(19)14(2)3/h14-15H,4-13,17H2,1-3H3. The molecule has 0 radical (unpaired) electrons. The molecule has 0 saturated carbocycles. The molecule has 0 aromatic heterocycles. The van der Waals surface area contributed by atoms with Gasteiger partial charge in [-0.15, -0.1) is 0 Å². The van der Waals surface area contributed by atoms with Crippen molar-refractivity contribution in [3.63, 3.8) is 0 Å². The number of hydrogen-bond acceptors (Lipinski definition) is 3. The molecular formula is C16H33N3. The van der Waals surface area contributed by atoms with Crippen LogP contribution < -0.4 is 5.73 Å². The van der Waals surface area contributed by atoms with Gasteiger partial charge in [-0.05, 0) is 64.2 Å². The highest BCUT2D eigenvalue weighted by atomic mass is 15.3. The Labute approximate surface area is 119 Å². The molecule has 3 heteroatoms. The molecule has 2 fully saturated rings. The fourth-order valence-corrected chi connectivity index (χ4v) is 4.23. The van der Waals surface area contributed by atoms with E-state index in [-0.39, 0.29) is 5.54 Å². The summed E-state index contributed by atoms with van der Waals surface area (Å²) in [7, 11) is 0. The summed E-state index contributed by atoms with van der Waals surface area (Å²) in [6.07, 6.45) is 6.61. The summed E-state index contributed by atoms with van der Waals surface area (Å²) in [6.45, 7) is 12.8. The van der Waals surface area contributed by atoms with E-state index < -0.39 is 0 Å². The van der Waals surface area contributed by atoms with E-state index >= 15 is 0 Å². The molecule has 0 aromatic carbocycles. The van der Waals surface area contributed by atoms with Crippen molar-refractivity contribution in [1.29, 1.82) is 0 Å². The molecule has 0 spiro atoms. The highest BCUT2D eigenvalue weighted by molar-refractivity contribution is 5.00. The van der Waals surface area contributed by atoms with Crippen molar-refractivity contribution in [2.75, 3.05) is 32.7 Å². The zero-order chi connectivity index (χ0) is 13.9. The van der Waals surface area contributed by atoms with Crippen molar-refractivity contribution in [2.45, 2.75) is 64.5 Å². The molecule has 2 atom stereocenters. The lowest BCUT2D eigenvalue weighted by atomic mass is 9.86. The highest BCUT2D eigenvalue weighted by Crippen LogP contribution is 2.36. The molecule has 2 N–H and O–H groups in total.